The van der Waals surface area contributed by atoms with E-state index >= 15 is 0 Å². The summed E-state index contributed by atoms with van der Waals surface area (Å²) in [6.45, 7) is 7.77. The van der Waals surface area contributed by atoms with Crippen LogP contribution in [-0.4, -0.2) is 73.8 Å². The van der Waals surface area contributed by atoms with Gasteiger partial charge in [-0.15, -0.1) is 0 Å². The Hall–Kier alpha value is -2.54. The summed E-state index contributed by atoms with van der Waals surface area (Å²) in [5, 5.41) is 20.0. The minimum Gasteiger partial charge on any atom is -0.378 e. The van der Waals surface area contributed by atoms with Gasteiger partial charge < -0.3 is 30.9 Å². The second-order valence-corrected chi connectivity index (χ2v) is 8.09. The van der Waals surface area contributed by atoms with Crippen LogP contribution in [0.5, 0.6) is 0 Å². The summed E-state index contributed by atoms with van der Waals surface area (Å²) in [6, 6.07) is 0.535. The molecule has 150 valence electrons. The van der Waals surface area contributed by atoms with Crippen molar-refractivity contribution >= 4 is 18.0 Å². The van der Waals surface area contributed by atoms with Gasteiger partial charge in [0.2, 0.25) is 5.91 Å². The maximum absolute atomic E-state index is 12.9. The van der Waals surface area contributed by atoms with Crippen molar-refractivity contribution in [3.05, 3.63) is 0 Å². The highest BCUT2D eigenvalue weighted by Crippen LogP contribution is 2.21. The van der Waals surface area contributed by atoms with E-state index in [4.69, 9.17) is 4.74 Å². The molecule has 0 radical (unpaired) electrons. The Morgan fingerprint density at radius 2 is 1.89 bits per heavy atom. The van der Waals surface area contributed by atoms with Gasteiger partial charge in [0, 0.05) is 13.1 Å². The number of nitrogens with zero attached hydrogens (tertiary/aromatic N) is 2. The molecule has 2 rings (SSSR count). The number of urea groups is 2. The summed E-state index contributed by atoms with van der Waals surface area (Å²) >= 11 is 0. The third kappa shape index (κ3) is 5.99. The normalized spacial score (nSPS) is 20.5. The second-order valence-electron chi connectivity index (χ2n) is 8.09. The van der Waals surface area contributed by atoms with Gasteiger partial charge >= 0.3 is 12.1 Å². The number of rotatable bonds is 4. The van der Waals surface area contributed by atoms with Crippen molar-refractivity contribution < 1.29 is 19.1 Å². The SMILES string of the molecule is CC(C)(C)CC(NC(=O)N1CCOCC1)C(=O)NC1(C#N)CNC(=O)NC1. The number of carbonyl (C=O) groups excluding carboxylic acids is 3. The molecule has 4 N–H and O–H groups in total. The molecule has 10 nitrogen and oxygen atoms in total. The number of carbonyl (C=O) groups is 3. The zero-order valence-electron chi connectivity index (χ0n) is 16.1. The first-order valence-corrected chi connectivity index (χ1v) is 9.02. The molecule has 0 bridgehead atoms. The number of ether oxygens (including phenoxy) is 1. The number of amides is 5. The second kappa shape index (κ2) is 8.43. The van der Waals surface area contributed by atoms with E-state index in [1.54, 1.807) is 4.90 Å². The fourth-order valence-electron chi connectivity index (χ4n) is 2.93. The van der Waals surface area contributed by atoms with E-state index in [1.165, 1.54) is 0 Å². The topological polar surface area (TPSA) is 136 Å². The zero-order valence-corrected chi connectivity index (χ0v) is 16.1. The molecule has 1 unspecified atom stereocenters. The molecule has 5 amide bonds. The van der Waals surface area contributed by atoms with Crippen LogP contribution in [0.25, 0.3) is 0 Å². The van der Waals surface area contributed by atoms with E-state index in [2.05, 4.69) is 27.3 Å². The van der Waals surface area contributed by atoms with Crippen LogP contribution >= 0.6 is 0 Å². The average molecular weight is 380 g/mol. The lowest BCUT2D eigenvalue weighted by Gasteiger charge is -2.35. The molecular formula is C17H28N6O4. The van der Waals surface area contributed by atoms with E-state index in [1.807, 2.05) is 20.8 Å². The molecule has 0 aliphatic carbocycles. The van der Waals surface area contributed by atoms with Crippen molar-refractivity contribution in [1.82, 2.24) is 26.2 Å². The van der Waals surface area contributed by atoms with Crippen molar-refractivity contribution in [3.63, 3.8) is 0 Å². The van der Waals surface area contributed by atoms with E-state index < -0.39 is 17.5 Å². The molecule has 0 aromatic carbocycles. The third-order valence-corrected chi connectivity index (χ3v) is 4.41. The van der Waals surface area contributed by atoms with Crippen LogP contribution in [-0.2, 0) is 9.53 Å². The van der Waals surface area contributed by atoms with Crippen molar-refractivity contribution in [2.45, 2.75) is 38.8 Å². The molecule has 2 saturated heterocycles. The van der Waals surface area contributed by atoms with Gasteiger partial charge in [-0.25, -0.2) is 9.59 Å². The number of morpholine rings is 1. The highest BCUT2D eigenvalue weighted by atomic mass is 16.5. The maximum Gasteiger partial charge on any atom is 0.318 e. The standard InChI is InChI=1S/C17H28N6O4/c1-16(2,3)8-12(21-15(26)23-4-6-27-7-5-23)13(24)22-17(9-18)10-19-14(25)20-11-17/h12H,4-8,10-11H2,1-3H3,(H,21,26)(H,22,24)(H2,19,20,25). The van der Waals surface area contributed by atoms with Crippen LogP contribution in [0.2, 0.25) is 0 Å². The summed E-state index contributed by atoms with van der Waals surface area (Å²) < 4.78 is 5.24. The first-order chi connectivity index (χ1) is 12.6. The van der Waals surface area contributed by atoms with Crippen molar-refractivity contribution in [3.8, 4) is 6.07 Å². The van der Waals surface area contributed by atoms with Crippen molar-refractivity contribution in [2.75, 3.05) is 39.4 Å². The fourth-order valence-corrected chi connectivity index (χ4v) is 2.93. The predicted octanol–water partition coefficient (Wildman–Crippen LogP) is -0.476. The Morgan fingerprint density at radius 3 is 2.41 bits per heavy atom. The molecule has 0 aromatic rings. The molecule has 2 heterocycles. The molecule has 0 spiro atoms. The smallest absolute Gasteiger partial charge is 0.318 e. The summed E-state index contributed by atoms with van der Waals surface area (Å²) in [7, 11) is 0. The molecule has 2 aliphatic heterocycles. The van der Waals surface area contributed by atoms with E-state index in [-0.39, 0.29) is 30.6 Å². The molecule has 10 heteroatoms. The van der Waals surface area contributed by atoms with Gasteiger partial charge in [-0.3, -0.25) is 4.79 Å². The van der Waals surface area contributed by atoms with Gasteiger partial charge in [0.15, 0.2) is 5.54 Å². The van der Waals surface area contributed by atoms with Crippen molar-refractivity contribution in [1.29, 1.82) is 5.26 Å². The molecule has 0 aromatic heterocycles. The lowest BCUT2D eigenvalue weighted by Crippen LogP contribution is -2.68. The van der Waals surface area contributed by atoms with Crippen LogP contribution < -0.4 is 21.3 Å². The molecule has 2 aliphatic rings. The monoisotopic (exact) mass is 380 g/mol. The van der Waals surface area contributed by atoms with E-state index in [9.17, 15) is 19.6 Å². The molecule has 27 heavy (non-hydrogen) atoms. The van der Waals surface area contributed by atoms with E-state index in [0.717, 1.165) is 0 Å². The average Bonchev–Trinajstić information content (AvgIpc) is 2.63. The molecule has 2 fully saturated rings. The Morgan fingerprint density at radius 1 is 1.30 bits per heavy atom. The maximum atomic E-state index is 12.9. The van der Waals surface area contributed by atoms with Gasteiger partial charge in [-0.1, -0.05) is 20.8 Å². The highest BCUT2D eigenvalue weighted by Gasteiger charge is 2.39. The fraction of sp³-hybridized carbons (Fsp3) is 0.765. The van der Waals surface area contributed by atoms with Crippen molar-refractivity contribution in [2.24, 2.45) is 5.41 Å². The van der Waals surface area contributed by atoms with Gasteiger partial charge in [0.1, 0.15) is 6.04 Å². The Balaban J connectivity index is 2.07. The number of nitriles is 1. The summed E-state index contributed by atoms with van der Waals surface area (Å²) in [6.07, 6.45) is 0.399. The lowest BCUT2D eigenvalue weighted by atomic mass is 9.87. The van der Waals surface area contributed by atoms with Crippen LogP contribution in [0.3, 0.4) is 0 Å². The van der Waals surface area contributed by atoms with Gasteiger partial charge in [-0.2, -0.15) is 5.26 Å². The lowest BCUT2D eigenvalue weighted by molar-refractivity contribution is -0.125. The number of hydrogen-bond acceptors (Lipinski definition) is 5. The minimum absolute atomic E-state index is 0.000716. The molecular weight excluding hydrogens is 352 g/mol. The van der Waals surface area contributed by atoms with E-state index in [0.29, 0.717) is 32.7 Å². The van der Waals surface area contributed by atoms with Gasteiger partial charge in [-0.05, 0) is 11.8 Å². The molecule has 0 saturated carbocycles. The first kappa shape index (κ1) is 20.8. The number of hydrogen-bond donors (Lipinski definition) is 4. The quantitative estimate of drug-likeness (QED) is 0.523. The Bertz CT molecular complexity index is 608. The minimum atomic E-state index is -1.26. The van der Waals surface area contributed by atoms with Gasteiger partial charge in [0.05, 0.1) is 32.4 Å². The van der Waals surface area contributed by atoms with Crippen LogP contribution in [0.1, 0.15) is 27.2 Å². The first-order valence-electron chi connectivity index (χ1n) is 9.02. The molecule has 1 atom stereocenters. The summed E-state index contributed by atoms with van der Waals surface area (Å²) in [4.78, 5) is 38.3. The predicted molar refractivity (Wildman–Crippen MR) is 96.7 cm³/mol. The summed E-state index contributed by atoms with van der Waals surface area (Å²) in [5.41, 5.74) is -1.48. The summed E-state index contributed by atoms with van der Waals surface area (Å²) in [5.74, 6) is -0.453. The number of nitrogens with one attached hydrogen (secondary N) is 4. The third-order valence-electron chi connectivity index (χ3n) is 4.41. The zero-order chi connectivity index (χ0) is 20.1. The largest absolute Gasteiger partial charge is 0.378 e. The van der Waals surface area contributed by atoms with Crippen LogP contribution in [0.4, 0.5) is 9.59 Å². The Labute approximate surface area is 159 Å². The highest BCUT2D eigenvalue weighted by molar-refractivity contribution is 5.88. The van der Waals surface area contributed by atoms with Gasteiger partial charge in [0.25, 0.3) is 0 Å². The Kier molecular flexibility index (Phi) is 6.49. The van der Waals surface area contributed by atoms with Crippen LogP contribution in [0.15, 0.2) is 0 Å². The van der Waals surface area contributed by atoms with Crippen LogP contribution in [0, 0.1) is 16.7 Å².